The van der Waals surface area contributed by atoms with Crippen molar-refractivity contribution < 1.29 is 0 Å². The summed E-state index contributed by atoms with van der Waals surface area (Å²) in [6.45, 7) is 3.99. The molecule has 0 unspecified atom stereocenters. The SMILES string of the molecule is Cc1nn2nnccc2c1C. The molecule has 11 heavy (non-hydrogen) atoms. The molecule has 0 amide bonds. The quantitative estimate of drug-likeness (QED) is 0.553. The second kappa shape index (κ2) is 2.02. The van der Waals surface area contributed by atoms with Crippen molar-refractivity contribution in [3.63, 3.8) is 0 Å². The zero-order chi connectivity index (χ0) is 7.84. The van der Waals surface area contributed by atoms with Crippen LogP contribution >= 0.6 is 0 Å². The van der Waals surface area contributed by atoms with Gasteiger partial charge in [-0.25, -0.2) is 0 Å². The molecule has 0 aliphatic carbocycles. The van der Waals surface area contributed by atoms with E-state index in [-0.39, 0.29) is 0 Å². The van der Waals surface area contributed by atoms with Gasteiger partial charge in [-0.05, 0) is 30.7 Å². The zero-order valence-electron chi connectivity index (χ0n) is 6.44. The van der Waals surface area contributed by atoms with Crippen LogP contribution < -0.4 is 0 Å². The highest BCUT2D eigenvalue weighted by atomic mass is 15.5. The van der Waals surface area contributed by atoms with Crippen molar-refractivity contribution in [2.24, 2.45) is 0 Å². The Bertz CT molecular complexity index is 390. The monoisotopic (exact) mass is 148 g/mol. The molecule has 2 heterocycles. The van der Waals surface area contributed by atoms with Crippen molar-refractivity contribution in [2.45, 2.75) is 13.8 Å². The largest absolute Gasteiger partial charge is 0.154 e. The minimum Gasteiger partial charge on any atom is -0.154 e. The van der Waals surface area contributed by atoms with Crippen LogP contribution in [-0.2, 0) is 0 Å². The van der Waals surface area contributed by atoms with Gasteiger partial charge in [0, 0.05) is 0 Å². The van der Waals surface area contributed by atoms with E-state index >= 15 is 0 Å². The summed E-state index contributed by atoms with van der Waals surface area (Å²) in [6.07, 6.45) is 1.67. The Morgan fingerprint density at radius 2 is 2.18 bits per heavy atom. The summed E-state index contributed by atoms with van der Waals surface area (Å²) in [7, 11) is 0. The summed E-state index contributed by atoms with van der Waals surface area (Å²) in [4.78, 5) is 0. The number of nitrogens with zero attached hydrogens (tertiary/aromatic N) is 4. The van der Waals surface area contributed by atoms with E-state index in [1.54, 1.807) is 10.8 Å². The van der Waals surface area contributed by atoms with E-state index in [4.69, 9.17) is 0 Å². The van der Waals surface area contributed by atoms with E-state index in [0.29, 0.717) is 0 Å². The summed E-state index contributed by atoms with van der Waals surface area (Å²) >= 11 is 0. The van der Waals surface area contributed by atoms with Crippen LogP contribution in [0, 0.1) is 13.8 Å². The Kier molecular flexibility index (Phi) is 1.15. The fourth-order valence-electron chi connectivity index (χ4n) is 1.05. The Balaban J connectivity index is 2.92. The van der Waals surface area contributed by atoms with Gasteiger partial charge in [-0.2, -0.15) is 5.10 Å². The minimum absolute atomic E-state index is 1.01. The van der Waals surface area contributed by atoms with Gasteiger partial charge in [0.25, 0.3) is 0 Å². The van der Waals surface area contributed by atoms with Crippen LogP contribution in [-0.4, -0.2) is 20.0 Å². The highest BCUT2D eigenvalue weighted by Crippen LogP contribution is 2.10. The first-order valence-corrected chi connectivity index (χ1v) is 3.43. The summed E-state index contributed by atoms with van der Waals surface area (Å²) in [5.74, 6) is 0. The molecule has 0 spiro atoms. The lowest BCUT2D eigenvalue weighted by Crippen LogP contribution is -1.94. The van der Waals surface area contributed by atoms with Gasteiger partial charge in [0.05, 0.1) is 17.4 Å². The standard InChI is InChI=1S/C7H8N4/c1-5-6(2)9-11-7(5)3-4-8-10-11/h3-4H,1-2H3. The Labute approximate surface area is 63.8 Å². The van der Waals surface area contributed by atoms with Crippen molar-refractivity contribution in [3.05, 3.63) is 23.5 Å². The average molecular weight is 148 g/mol. The van der Waals surface area contributed by atoms with Crippen LogP contribution in [0.1, 0.15) is 11.3 Å². The minimum atomic E-state index is 1.01. The maximum atomic E-state index is 4.16. The lowest BCUT2D eigenvalue weighted by Gasteiger charge is -1.87. The summed E-state index contributed by atoms with van der Waals surface area (Å²) in [5.41, 5.74) is 3.20. The molecule has 0 N–H and O–H groups in total. The Morgan fingerprint density at radius 3 is 2.91 bits per heavy atom. The normalized spacial score (nSPS) is 10.7. The number of aryl methyl sites for hydroxylation is 2. The second-order valence-electron chi connectivity index (χ2n) is 2.51. The topological polar surface area (TPSA) is 43.1 Å². The van der Waals surface area contributed by atoms with E-state index < -0.39 is 0 Å². The van der Waals surface area contributed by atoms with E-state index in [0.717, 1.165) is 11.2 Å². The third-order valence-corrected chi connectivity index (χ3v) is 1.82. The number of fused-ring (bicyclic) bond motifs is 1. The van der Waals surface area contributed by atoms with Gasteiger partial charge in [0.15, 0.2) is 0 Å². The summed E-state index contributed by atoms with van der Waals surface area (Å²) < 4.78 is 1.55. The first kappa shape index (κ1) is 6.27. The zero-order valence-corrected chi connectivity index (χ0v) is 6.44. The molecule has 2 rings (SSSR count). The number of hydrogen-bond acceptors (Lipinski definition) is 3. The van der Waals surface area contributed by atoms with Crippen molar-refractivity contribution in [1.29, 1.82) is 0 Å². The third-order valence-electron chi connectivity index (χ3n) is 1.82. The van der Waals surface area contributed by atoms with E-state index in [2.05, 4.69) is 15.4 Å². The van der Waals surface area contributed by atoms with Crippen LogP contribution in [0.5, 0.6) is 0 Å². The van der Waals surface area contributed by atoms with Crippen LogP contribution in [0.3, 0.4) is 0 Å². The van der Waals surface area contributed by atoms with Crippen molar-refractivity contribution >= 4 is 5.52 Å². The van der Waals surface area contributed by atoms with Crippen LogP contribution in [0.25, 0.3) is 5.52 Å². The fourth-order valence-corrected chi connectivity index (χ4v) is 1.05. The molecule has 4 nitrogen and oxygen atoms in total. The van der Waals surface area contributed by atoms with Crippen LogP contribution in [0.15, 0.2) is 12.3 Å². The third kappa shape index (κ3) is 0.790. The molecule has 0 saturated carbocycles. The highest BCUT2D eigenvalue weighted by molar-refractivity contribution is 5.53. The molecule has 2 aromatic rings. The van der Waals surface area contributed by atoms with E-state index in [1.165, 1.54) is 5.56 Å². The number of hydrogen-bond donors (Lipinski definition) is 0. The number of aromatic nitrogens is 4. The van der Waals surface area contributed by atoms with E-state index in [9.17, 15) is 0 Å². The Hall–Kier alpha value is -1.45. The predicted molar refractivity (Wildman–Crippen MR) is 40.3 cm³/mol. The lowest BCUT2D eigenvalue weighted by atomic mass is 10.2. The van der Waals surface area contributed by atoms with Crippen molar-refractivity contribution in [3.8, 4) is 0 Å². The molecular formula is C7H8N4. The molecule has 2 aromatic heterocycles. The Morgan fingerprint density at radius 1 is 1.36 bits per heavy atom. The van der Waals surface area contributed by atoms with Gasteiger partial charge in [-0.1, -0.05) is 0 Å². The first-order valence-electron chi connectivity index (χ1n) is 3.43. The smallest absolute Gasteiger partial charge is 0.0938 e. The second-order valence-corrected chi connectivity index (χ2v) is 2.51. The van der Waals surface area contributed by atoms with Crippen LogP contribution in [0.4, 0.5) is 0 Å². The molecule has 0 aliphatic rings. The fraction of sp³-hybridized carbons (Fsp3) is 0.286. The van der Waals surface area contributed by atoms with Gasteiger partial charge >= 0.3 is 0 Å². The van der Waals surface area contributed by atoms with Gasteiger partial charge in [-0.3, -0.25) is 0 Å². The highest BCUT2D eigenvalue weighted by Gasteiger charge is 2.03. The molecule has 0 fully saturated rings. The predicted octanol–water partition coefficient (Wildman–Crippen LogP) is 0.741. The average Bonchev–Trinajstić information content (AvgIpc) is 2.30. The molecule has 4 heteroatoms. The van der Waals surface area contributed by atoms with Crippen molar-refractivity contribution in [1.82, 2.24) is 20.0 Å². The molecule has 0 bridgehead atoms. The maximum absolute atomic E-state index is 4.16. The molecule has 0 aliphatic heterocycles. The van der Waals surface area contributed by atoms with Crippen molar-refractivity contribution in [2.75, 3.05) is 0 Å². The molecule has 56 valence electrons. The van der Waals surface area contributed by atoms with Gasteiger partial charge in [0.2, 0.25) is 0 Å². The number of rotatable bonds is 0. The maximum Gasteiger partial charge on any atom is 0.0938 e. The summed E-state index contributed by atoms with van der Waals surface area (Å²) in [6, 6.07) is 1.91. The lowest BCUT2D eigenvalue weighted by molar-refractivity contribution is 0.711. The molecule has 0 aromatic carbocycles. The van der Waals surface area contributed by atoms with Crippen LogP contribution in [0.2, 0.25) is 0 Å². The van der Waals surface area contributed by atoms with E-state index in [1.807, 2.05) is 19.9 Å². The molecule has 0 saturated heterocycles. The molecule has 0 radical (unpaired) electrons. The molecule has 0 atom stereocenters. The van der Waals surface area contributed by atoms with Gasteiger partial charge < -0.3 is 0 Å². The first-order chi connectivity index (χ1) is 5.29. The summed E-state index contributed by atoms with van der Waals surface area (Å²) in [5, 5.41) is 11.7. The van der Waals surface area contributed by atoms with Gasteiger partial charge in [-0.15, -0.1) is 9.73 Å². The van der Waals surface area contributed by atoms with Gasteiger partial charge in [0.1, 0.15) is 0 Å². The molecular weight excluding hydrogens is 140 g/mol.